The average molecular weight is 370 g/mol. The van der Waals surface area contributed by atoms with Crippen molar-refractivity contribution in [2.24, 2.45) is 0 Å². The van der Waals surface area contributed by atoms with Gasteiger partial charge in [-0.15, -0.1) is 0 Å². The van der Waals surface area contributed by atoms with E-state index in [1.165, 1.54) is 0 Å². The summed E-state index contributed by atoms with van der Waals surface area (Å²) in [6.45, 7) is 1.79. The molecule has 3 rings (SSSR count). The lowest BCUT2D eigenvalue weighted by molar-refractivity contribution is 0.176. The second-order valence-corrected chi connectivity index (χ2v) is 6.02. The molecule has 0 bridgehead atoms. The number of aromatic nitrogens is 2. The van der Waals surface area contributed by atoms with Crippen molar-refractivity contribution in [3.05, 3.63) is 63.4 Å². The molecule has 7 heteroatoms. The number of nitrogens with zero attached hydrogens (tertiary/aromatic N) is 2. The molecule has 0 aliphatic heterocycles. The van der Waals surface area contributed by atoms with Crippen LogP contribution in [-0.4, -0.2) is 10.1 Å². The van der Waals surface area contributed by atoms with Crippen LogP contribution in [0, 0.1) is 0 Å². The Bertz CT molecular complexity index is 836. The molecule has 0 spiro atoms. The molecule has 0 aliphatic carbocycles. The molecule has 0 saturated heterocycles. The molecular formula is C16H11Cl3N2O2. The van der Waals surface area contributed by atoms with Crippen LogP contribution in [0.3, 0.4) is 0 Å². The van der Waals surface area contributed by atoms with E-state index in [1.54, 1.807) is 31.2 Å². The molecule has 0 fully saturated rings. The highest BCUT2D eigenvalue weighted by molar-refractivity contribution is 6.35. The first-order valence-corrected chi connectivity index (χ1v) is 7.88. The first-order chi connectivity index (χ1) is 11.0. The summed E-state index contributed by atoms with van der Waals surface area (Å²) < 4.78 is 11.0. The van der Waals surface area contributed by atoms with Gasteiger partial charge in [0.15, 0.2) is 6.10 Å². The van der Waals surface area contributed by atoms with Gasteiger partial charge >= 0.3 is 0 Å². The summed E-state index contributed by atoms with van der Waals surface area (Å²) >= 11 is 18.1. The number of benzene rings is 2. The first kappa shape index (κ1) is 16.1. The van der Waals surface area contributed by atoms with Crippen LogP contribution in [0.2, 0.25) is 15.1 Å². The molecule has 1 unspecified atom stereocenters. The molecule has 0 saturated carbocycles. The number of hydrogen-bond acceptors (Lipinski definition) is 4. The lowest BCUT2D eigenvalue weighted by Gasteiger charge is -2.12. The molecule has 118 valence electrons. The molecule has 0 amide bonds. The minimum Gasteiger partial charge on any atom is -0.479 e. The van der Waals surface area contributed by atoms with E-state index >= 15 is 0 Å². The molecule has 4 nitrogen and oxygen atoms in total. The topological polar surface area (TPSA) is 48.2 Å². The molecule has 0 N–H and O–H groups in total. The molecule has 2 aromatic carbocycles. The van der Waals surface area contributed by atoms with Gasteiger partial charge in [0.05, 0.1) is 10.0 Å². The first-order valence-electron chi connectivity index (χ1n) is 6.75. The summed E-state index contributed by atoms with van der Waals surface area (Å²) in [7, 11) is 0. The Morgan fingerprint density at radius 1 is 1.04 bits per heavy atom. The van der Waals surface area contributed by atoms with Crippen molar-refractivity contribution in [2.45, 2.75) is 13.0 Å². The van der Waals surface area contributed by atoms with Crippen molar-refractivity contribution in [1.82, 2.24) is 10.1 Å². The average Bonchev–Trinajstić information content (AvgIpc) is 3.00. The predicted molar refractivity (Wildman–Crippen MR) is 90.2 cm³/mol. The summed E-state index contributed by atoms with van der Waals surface area (Å²) in [4.78, 5) is 4.33. The second-order valence-electron chi connectivity index (χ2n) is 4.77. The third-order valence-corrected chi connectivity index (χ3v) is 3.96. The van der Waals surface area contributed by atoms with Crippen molar-refractivity contribution in [3.8, 4) is 17.1 Å². The number of halogens is 3. The van der Waals surface area contributed by atoms with E-state index in [4.69, 9.17) is 44.1 Å². The van der Waals surface area contributed by atoms with Crippen LogP contribution in [0.15, 0.2) is 47.0 Å². The molecular weight excluding hydrogens is 359 g/mol. The molecule has 0 radical (unpaired) electrons. The Hall–Kier alpha value is -1.75. The van der Waals surface area contributed by atoms with Crippen LogP contribution in [0.5, 0.6) is 5.75 Å². The van der Waals surface area contributed by atoms with Gasteiger partial charge in [-0.1, -0.05) is 52.1 Å². The minimum absolute atomic E-state index is 0.325. The molecule has 1 heterocycles. The van der Waals surface area contributed by atoms with Gasteiger partial charge in [-0.05, 0) is 37.3 Å². The standard InChI is InChI=1S/C16H11Cl3N2O2/c1-9(22-14-7-6-10(17)8-13(14)19)16-20-15(21-23-16)11-4-2-3-5-12(11)18/h2-9H,1H3. The van der Waals surface area contributed by atoms with Gasteiger partial charge in [0, 0.05) is 10.6 Å². The molecule has 0 aliphatic rings. The normalized spacial score (nSPS) is 12.2. The van der Waals surface area contributed by atoms with Crippen LogP contribution in [0.1, 0.15) is 18.9 Å². The largest absolute Gasteiger partial charge is 0.479 e. The van der Waals surface area contributed by atoms with Gasteiger partial charge in [-0.25, -0.2) is 0 Å². The van der Waals surface area contributed by atoms with E-state index in [-0.39, 0.29) is 0 Å². The number of rotatable bonds is 4. The van der Waals surface area contributed by atoms with E-state index in [0.717, 1.165) is 0 Å². The Labute approximate surface area is 147 Å². The molecule has 1 aromatic heterocycles. The highest BCUT2D eigenvalue weighted by atomic mass is 35.5. The van der Waals surface area contributed by atoms with Crippen molar-refractivity contribution in [1.29, 1.82) is 0 Å². The summed E-state index contributed by atoms with van der Waals surface area (Å²) in [5.74, 6) is 1.22. The zero-order valence-electron chi connectivity index (χ0n) is 12.0. The number of hydrogen-bond donors (Lipinski definition) is 0. The van der Waals surface area contributed by atoms with Crippen molar-refractivity contribution in [3.63, 3.8) is 0 Å². The fraction of sp³-hybridized carbons (Fsp3) is 0.125. The molecule has 23 heavy (non-hydrogen) atoms. The van der Waals surface area contributed by atoms with E-state index in [9.17, 15) is 0 Å². The van der Waals surface area contributed by atoms with Crippen LogP contribution in [0.4, 0.5) is 0 Å². The van der Waals surface area contributed by atoms with Gasteiger partial charge in [0.25, 0.3) is 5.89 Å². The molecule has 1 atom stereocenters. The van der Waals surface area contributed by atoms with Crippen molar-refractivity contribution in [2.75, 3.05) is 0 Å². The van der Waals surface area contributed by atoms with Gasteiger partial charge in [0.1, 0.15) is 5.75 Å². The zero-order chi connectivity index (χ0) is 16.4. The summed E-state index contributed by atoms with van der Waals surface area (Å²) in [6, 6.07) is 12.3. The fourth-order valence-electron chi connectivity index (χ4n) is 1.96. The van der Waals surface area contributed by atoms with Crippen LogP contribution in [-0.2, 0) is 0 Å². The van der Waals surface area contributed by atoms with E-state index in [1.807, 2.05) is 18.2 Å². The smallest absolute Gasteiger partial charge is 0.267 e. The van der Waals surface area contributed by atoms with Crippen LogP contribution in [0.25, 0.3) is 11.4 Å². The minimum atomic E-state index is -0.475. The third-order valence-electron chi connectivity index (χ3n) is 3.10. The maximum atomic E-state index is 6.13. The lowest BCUT2D eigenvalue weighted by atomic mass is 10.2. The van der Waals surface area contributed by atoms with Crippen LogP contribution < -0.4 is 4.74 Å². The van der Waals surface area contributed by atoms with Gasteiger partial charge in [-0.3, -0.25) is 0 Å². The summed E-state index contributed by atoms with van der Waals surface area (Å²) in [5, 5.41) is 5.44. The maximum Gasteiger partial charge on any atom is 0.267 e. The number of ether oxygens (including phenoxy) is 1. The Balaban J connectivity index is 1.81. The summed E-state index contributed by atoms with van der Waals surface area (Å²) in [5.41, 5.74) is 0.695. The van der Waals surface area contributed by atoms with E-state index < -0.39 is 6.10 Å². The Morgan fingerprint density at radius 2 is 1.83 bits per heavy atom. The third kappa shape index (κ3) is 3.61. The van der Waals surface area contributed by atoms with Crippen LogP contribution >= 0.6 is 34.8 Å². The van der Waals surface area contributed by atoms with E-state index in [0.29, 0.717) is 38.1 Å². The quantitative estimate of drug-likeness (QED) is 0.580. The predicted octanol–water partition coefficient (Wildman–Crippen LogP) is 5.84. The summed E-state index contributed by atoms with van der Waals surface area (Å²) in [6.07, 6.45) is -0.475. The highest BCUT2D eigenvalue weighted by Gasteiger charge is 2.19. The molecule has 3 aromatic rings. The lowest BCUT2D eigenvalue weighted by Crippen LogP contribution is -2.03. The SMILES string of the molecule is CC(Oc1ccc(Cl)cc1Cl)c1nc(-c2ccccc2Cl)no1. The van der Waals surface area contributed by atoms with Gasteiger partial charge < -0.3 is 9.26 Å². The van der Waals surface area contributed by atoms with Crippen molar-refractivity contribution >= 4 is 34.8 Å². The van der Waals surface area contributed by atoms with Gasteiger partial charge in [0.2, 0.25) is 5.82 Å². The highest BCUT2D eigenvalue weighted by Crippen LogP contribution is 2.32. The fourth-order valence-corrected chi connectivity index (χ4v) is 2.64. The van der Waals surface area contributed by atoms with E-state index in [2.05, 4.69) is 10.1 Å². The Morgan fingerprint density at radius 3 is 2.57 bits per heavy atom. The second kappa shape index (κ2) is 6.79. The van der Waals surface area contributed by atoms with Crippen molar-refractivity contribution < 1.29 is 9.26 Å². The zero-order valence-corrected chi connectivity index (χ0v) is 14.2. The monoisotopic (exact) mass is 368 g/mol. The Kier molecular flexibility index (Phi) is 4.76. The van der Waals surface area contributed by atoms with Gasteiger partial charge in [-0.2, -0.15) is 4.98 Å². The maximum absolute atomic E-state index is 6.13.